The van der Waals surface area contributed by atoms with Gasteiger partial charge in [-0.2, -0.15) is 0 Å². The average molecular weight is 206 g/mol. The van der Waals surface area contributed by atoms with Crippen molar-refractivity contribution in [3.05, 3.63) is 39.9 Å². The van der Waals surface area contributed by atoms with Crippen molar-refractivity contribution >= 4 is 5.69 Å². The van der Waals surface area contributed by atoms with Crippen LogP contribution in [0.5, 0.6) is 0 Å². The zero-order chi connectivity index (χ0) is 10.8. The van der Waals surface area contributed by atoms with Crippen LogP contribution < -0.4 is 4.90 Å². The molecule has 80 valence electrons. The molecule has 0 saturated carbocycles. The van der Waals surface area contributed by atoms with Crippen molar-refractivity contribution in [1.82, 2.24) is 0 Å². The van der Waals surface area contributed by atoms with Gasteiger partial charge in [0, 0.05) is 17.7 Å². The number of nitro groups is 1. The number of hydrogen-bond donors (Lipinski definition) is 0. The Morgan fingerprint density at radius 1 is 1.53 bits per heavy atom. The van der Waals surface area contributed by atoms with Crippen LogP contribution in [0.25, 0.3) is 0 Å². The van der Waals surface area contributed by atoms with E-state index in [0.29, 0.717) is 0 Å². The quantitative estimate of drug-likeness (QED) is 0.546. The largest absolute Gasteiger partial charge is 0.365 e. The molecule has 1 atom stereocenters. The molecule has 1 unspecified atom stereocenters. The minimum atomic E-state index is -0.227. The third-order valence-corrected chi connectivity index (χ3v) is 3.03. The van der Waals surface area contributed by atoms with E-state index < -0.39 is 0 Å². The van der Waals surface area contributed by atoms with Crippen molar-refractivity contribution in [1.29, 1.82) is 0 Å². The summed E-state index contributed by atoms with van der Waals surface area (Å²) in [6, 6.07) is 8.15. The molecule has 0 fully saturated rings. The van der Waals surface area contributed by atoms with Gasteiger partial charge < -0.3 is 4.90 Å². The van der Waals surface area contributed by atoms with Gasteiger partial charge in [0.1, 0.15) is 0 Å². The molecule has 1 aliphatic rings. The van der Waals surface area contributed by atoms with Crippen molar-refractivity contribution in [2.45, 2.75) is 18.9 Å². The molecule has 0 aromatic heterocycles. The molecule has 15 heavy (non-hydrogen) atoms. The second-order valence-corrected chi connectivity index (χ2v) is 3.95. The van der Waals surface area contributed by atoms with E-state index in [1.807, 2.05) is 30.1 Å². The summed E-state index contributed by atoms with van der Waals surface area (Å²) in [5, 5.41) is 10.5. The maximum Gasteiger partial charge on any atom is 0.223 e. The zero-order valence-electron chi connectivity index (χ0n) is 8.72. The molecule has 0 spiro atoms. The molecule has 4 heteroatoms. The number of benzene rings is 1. The number of fused-ring (bicyclic) bond motifs is 1. The number of aryl methyl sites for hydroxylation is 1. The first-order valence-corrected chi connectivity index (χ1v) is 5.11. The Morgan fingerprint density at radius 2 is 2.27 bits per heavy atom. The molecule has 0 bridgehead atoms. The molecular formula is C11H14N2O2. The van der Waals surface area contributed by atoms with Crippen LogP contribution in [-0.4, -0.2) is 24.6 Å². The van der Waals surface area contributed by atoms with Crippen molar-refractivity contribution in [3.8, 4) is 0 Å². The van der Waals surface area contributed by atoms with E-state index >= 15 is 0 Å². The molecule has 1 aliphatic heterocycles. The van der Waals surface area contributed by atoms with Gasteiger partial charge >= 0.3 is 0 Å². The lowest BCUT2D eigenvalue weighted by atomic mass is 9.96. The van der Waals surface area contributed by atoms with E-state index in [9.17, 15) is 10.1 Å². The van der Waals surface area contributed by atoms with Crippen LogP contribution in [0.1, 0.15) is 12.0 Å². The van der Waals surface area contributed by atoms with Crippen molar-refractivity contribution in [2.75, 3.05) is 18.5 Å². The molecule has 2 rings (SSSR count). The minimum absolute atomic E-state index is 0.0326. The monoisotopic (exact) mass is 206 g/mol. The average Bonchev–Trinajstić information content (AvgIpc) is 2.22. The van der Waals surface area contributed by atoms with E-state index in [1.54, 1.807) is 0 Å². The van der Waals surface area contributed by atoms with Crippen LogP contribution in [0, 0.1) is 10.1 Å². The Morgan fingerprint density at radius 3 is 3.00 bits per heavy atom. The Balaban J connectivity index is 2.22. The van der Waals surface area contributed by atoms with E-state index in [0.717, 1.165) is 18.5 Å². The second kappa shape index (κ2) is 3.88. The maximum atomic E-state index is 10.5. The fourth-order valence-electron chi connectivity index (χ4n) is 2.16. The predicted molar refractivity (Wildman–Crippen MR) is 58.8 cm³/mol. The topological polar surface area (TPSA) is 46.4 Å². The summed E-state index contributed by atoms with van der Waals surface area (Å²) in [5.74, 6) is 0. The molecular weight excluding hydrogens is 192 g/mol. The summed E-state index contributed by atoms with van der Waals surface area (Å²) in [6.07, 6.45) is 1.81. The van der Waals surface area contributed by atoms with Crippen molar-refractivity contribution in [3.63, 3.8) is 0 Å². The van der Waals surface area contributed by atoms with Gasteiger partial charge in [-0.25, -0.2) is 0 Å². The number of nitrogens with zero attached hydrogens (tertiary/aromatic N) is 2. The van der Waals surface area contributed by atoms with Gasteiger partial charge in [0.2, 0.25) is 6.54 Å². The number of anilines is 1. The molecule has 0 aliphatic carbocycles. The zero-order valence-corrected chi connectivity index (χ0v) is 8.72. The molecule has 1 heterocycles. The van der Waals surface area contributed by atoms with Crippen LogP contribution in [0.3, 0.4) is 0 Å². The standard InChI is InChI=1S/C11H14N2O2/c1-12-10(8-13(14)15)7-6-9-4-2-3-5-11(9)12/h2-5,10H,6-8H2,1H3. The summed E-state index contributed by atoms with van der Waals surface area (Å²) in [6.45, 7) is 0.0326. The first-order chi connectivity index (χ1) is 7.18. The highest BCUT2D eigenvalue weighted by Crippen LogP contribution is 2.28. The van der Waals surface area contributed by atoms with Gasteiger partial charge in [0.25, 0.3) is 0 Å². The van der Waals surface area contributed by atoms with E-state index in [2.05, 4.69) is 6.07 Å². The van der Waals surface area contributed by atoms with Crippen molar-refractivity contribution < 1.29 is 4.92 Å². The number of para-hydroxylation sites is 1. The predicted octanol–water partition coefficient (Wildman–Crippen LogP) is 1.71. The summed E-state index contributed by atoms with van der Waals surface area (Å²) in [4.78, 5) is 12.3. The van der Waals surface area contributed by atoms with Crippen LogP contribution >= 0.6 is 0 Å². The highest BCUT2D eigenvalue weighted by Gasteiger charge is 2.26. The molecule has 1 aromatic rings. The van der Waals surface area contributed by atoms with Crippen molar-refractivity contribution in [2.24, 2.45) is 0 Å². The van der Waals surface area contributed by atoms with E-state index in [4.69, 9.17) is 0 Å². The summed E-state index contributed by atoms with van der Waals surface area (Å²) in [5.41, 5.74) is 2.43. The summed E-state index contributed by atoms with van der Waals surface area (Å²) < 4.78 is 0. The minimum Gasteiger partial charge on any atom is -0.365 e. The Kier molecular flexibility index (Phi) is 2.58. The van der Waals surface area contributed by atoms with Gasteiger partial charge in [-0.15, -0.1) is 0 Å². The molecule has 0 radical (unpaired) electrons. The molecule has 0 amide bonds. The van der Waals surface area contributed by atoms with E-state index in [-0.39, 0.29) is 17.5 Å². The summed E-state index contributed by atoms with van der Waals surface area (Å²) >= 11 is 0. The highest BCUT2D eigenvalue weighted by atomic mass is 16.6. The van der Waals surface area contributed by atoms with Gasteiger partial charge in [-0.05, 0) is 24.5 Å². The van der Waals surface area contributed by atoms with Gasteiger partial charge in [0.15, 0.2) is 0 Å². The van der Waals surface area contributed by atoms with E-state index in [1.165, 1.54) is 5.56 Å². The Labute approximate surface area is 88.7 Å². The number of rotatable bonds is 2. The fraction of sp³-hybridized carbons (Fsp3) is 0.455. The Bertz CT molecular complexity index is 379. The summed E-state index contributed by atoms with van der Waals surface area (Å²) in [7, 11) is 1.94. The lowest BCUT2D eigenvalue weighted by Gasteiger charge is -2.33. The van der Waals surface area contributed by atoms with Crippen LogP contribution in [0.2, 0.25) is 0 Å². The second-order valence-electron chi connectivity index (χ2n) is 3.95. The lowest BCUT2D eigenvalue weighted by molar-refractivity contribution is -0.482. The maximum absolute atomic E-state index is 10.5. The smallest absolute Gasteiger partial charge is 0.223 e. The third kappa shape index (κ3) is 1.93. The molecule has 1 aromatic carbocycles. The first kappa shape index (κ1) is 9.96. The number of likely N-dealkylation sites (N-methyl/N-ethyl adjacent to an activating group) is 1. The van der Waals surface area contributed by atoms with Crippen LogP contribution in [0.4, 0.5) is 5.69 Å². The van der Waals surface area contributed by atoms with Gasteiger partial charge in [-0.3, -0.25) is 10.1 Å². The molecule has 0 N–H and O–H groups in total. The van der Waals surface area contributed by atoms with Gasteiger partial charge in [0.05, 0.1) is 6.04 Å². The van der Waals surface area contributed by atoms with Gasteiger partial charge in [-0.1, -0.05) is 18.2 Å². The number of hydrogen-bond acceptors (Lipinski definition) is 3. The van der Waals surface area contributed by atoms with Crippen LogP contribution in [0.15, 0.2) is 24.3 Å². The third-order valence-electron chi connectivity index (χ3n) is 3.03. The lowest BCUT2D eigenvalue weighted by Crippen LogP contribution is -2.40. The normalized spacial score (nSPS) is 19.8. The Hall–Kier alpha value is -1.58. The molecule has 4 nitrogen and oxygen atoms in total. The molecule has 0 saturated heterocycles. The first-order valence-electron chi connectivity index (χ1n) is 5.11. The van der Waals surface area contributed by atoms with Crippen LogP contribution in [-0.2, 0) is 6.42 Å². The fourth-order valence-corrected chi connectivity index (χ4v) is 2.16. The highest BCUT2D eigenvalue weighted by molar-refractivity contribution is 5.55. The SMILES string of the molecule is CN1c2ccccc2CCC1C[N+](=O)[O-].